The molecular formula is C48H30N2S2. The highest BCUT2D eigenvalue weighted by molar-refractivity contribution is 7.26. The van der Waals surface area contributed by atoms with Crippen LogP contribution in [0.2, 0.25) is 0 Å². The van der Waals surface area contributed by atoms with E-state index in [0.29, 0.717) is 0 Å². The average molecular weight is 699 g/mol. The molecule has 0 amide bonds. The summed E-state index contributed by atoms with van der Waals surface area (Å²) < 4.78 is 7.66. The van der Waals surface area contributed by atoms with Crippen molar-refractivity contribution in [1.29, 1.82) is 0 Å². The third-order valence-corrected chi connectivity index (χ3v) is 12.7. The Kier molecular flexibility index (Phi) is 6.63. The lowest BCUT2D eigenvalue weighted by Crippen LogP contribution is -2.10. The SMILES string of the molecule is c1ccc(-n2c3ccccc3c3ccc(N(c4ccc(-c5cccc6c5sc5ccccc56)cc4)c4cccc5sc6ccccc6c45)cc32)cc1. The lowest BCUT2D eigenvalue weighted by atomic mass is 10.0. The molecule has 0 spiro atoms. The highest BCUT2D eigenvalue weighted by Crippen LogP contribution is 2.47. The molecule has 52 heavy (non-hydrogen) atoms. The van der Waals surface area contributed by atoms with Crippen LogP contribution in [-0.2, 0) is 0 Å². The van der Waals surface area contributed by atoms with Gasteiger partial charge in [-0.1, -0.05) is 115 Å². The van der Waals surface area contributed by atoms with Gasteiger partial charge in [-0.2, -0.15) is 0 Å². The first kappa shape index (κ1) is 29.5. The number of anilines is 3. The van der Waals surface area contributed by atoms with E-state index in [4.69, 9.17) is 0 Å². The van der Waals surface area contributed by atoms with E-state index < -0.39 is 0 Å². The van der Waals surface area contributed by atoms with E-state index in [9.17, 15) is 0 Å². The number of hydrogen-bond donors (Lipinski definition) is 0. The summed E-state index contributed by atoms with van der Waals surface area (Å²) in [4.78, 5) is 2.46. The Bertz CT molecular complexity index is 3130. The fraction of sp³-hybridized carbons (Fsp3) is 0. The fourth-order valence-corrected chi connectivity index (χ4v) is 10.5. The number of hydrogen-bond acceptors (Lipinski definition) is 3. The van der Waals surface area contributed by atoms with Crippen LogP contribution in [0.1, 0.15) is 0 Å². The summed E-state index contributed by atoms with van der Waals surface area (Å²) in [6, 6.07) is 66.6. The molecule has 0 saturated carbocycles. The van der Waals surface area contributed by atoms with Crippen molar-refractivity contribution in [2.45, 2.75) is 0 Å². The third kappa shape index (κ3) is 4.48. The molecule has 0 unspecified atom stereocenters. The largest absolute Gasteiger partial charge is 0.310 e. The Balaban J connectivity index is 1.15. The fourth-order valence-electron chi connectivity index (χ4n) is 8.09. The van der Waals surface area contributed by atoms with Crippen LogP contribution in [0.3, 0.4) is 0 Å². The zero-order chi connectivity index (χ0) is 34.2. The van der Waals surface area contributed by atoms with Gasteiger partial charge in [-0.3, -0.25) is 0 Å². The van der Waals surface area contributed by atoms with Crippen molar-refractivity contribution in [3.8, 4) is 16.8 Å². The smallest absolute Gasteiger partial charge is 0.0561 e. The zero-order valence-electron chi connectivity index (χ0n) is 28.0. The van der Waals surface area contributed by atoms with Gasteiger partial charge in [0.15, 0.2) is 0 Å². The van der Waals surface area contributed by atoms with Crippen LogP contribution in [0, 0.1) is 0 Å². The van der Waals surface area contributed by atoms with Gasteiger partial charge in [0.2, 0.25) is 0 Å². The summed E-state index contributed by atoms with van der Waals surface area (Å²) in [6.07, 6.45) is 0. The van der Waals surface area contributed by atoms with Crippen LogP contribution in [0.15, 0.2) is 182 Å². The predicted octanol–water partition coefficient (Wildman–Crippen LogP) is 14.7. The number of fused-ring (bicyclic) bond motifs is 9. The minimum Gasteiger partial charge on any atom is -0.310 e. The number of benzene rings is 8. The van der Waals surface area contributed by atoms with E-state index in [1.807, 2.05) is 22.7 Å². The van der Waals surface area contributed by atoms with Gasteiger partial charge in [-0.15, -0.1) is 22.7 Å². The zero-order valence-corrected chi connectivity index (χ0v) is 29.7. The van der Waals surface area contributed by atoms with Crippen molar-refractivity contribution in [1.82, 2.24) is 4.57 Å². The van der Waals surface area contributed by atoms with Gasteiger partial charge in [-0.25, -0.2) is 0 Å². The van der Waals surface area contributed by atoms with Gasteiger partial charge in [0.1, 0.15) is 0 Å². The maximum atomic E-state index is 2.46. The first-order valence-electron chi connectivity index (χ1n) is 17.6. The number of thiophene rings is 2. The molecule has 0 bridgehead atoms. The van der Waals surface area contributed by atoms with E-state index in [-0.39, 0.29) is 0 Å². The monoisotopic (exact) mass is 698 g/mol. The molecule has 11 aromatic rings. The van der Waals surface area contributed by atoms with Crippen LogP contribution in [-0.4, -0.2) is 4.57 Å². The Morgan fingerprint density at radius 3 is 1.88 bits per heavy atom. The Labute approximate surface area is 308 Å². The van der Waals surface area contributed by atoms with Gasteiger partial charge in [0.25, 0.3) is 0 Å². The van der Waals surface area contributed by atoms with Crippen molar-refractivity contribution >= 4 is 102 Å². The lowest BCUT2D eigenvalue weighted by Gasteiger charge is -2.27. The molecule has 0 aliphatic heterocycles. The Morgan fingerprint density at radius 1 is 0.404 bits per heavy atom. The molecule has 3 aromatic heterocycles. The number of rotatable bonds is 5. The van der Waals surface area contributed by atoms with Crippen LogP contribution < -0.4 is 4.90 Å². The number of aromatic nitrogens is 1. The molecule has 0 N–H and O–H groups in total. The molecule has 0 atom stereocenters. The molecule has 0 aliphatic rings. The van der Waals surface area contributed by atoms with Crippen LogP contribution in [0.25, 0.3) is 79.0 Å². The first-order chi connectivity index (χ1) is 25.8. The second-order valence-electron chi connectivity index (χ2n) is 13.3. The maximum Gasteiger partial charge on any atom is 0.0561 e. The lowest BCUT2D eigenvalue weighted by molar-refractivity contribution is 1.18. The molecule has 0 saturated heterocycles. The minimum atomic E-state index is 1.12. The molecule has 4 heteroatoms. The second-order valence-corrected chi connectivity index (χ2v) is 15.4. The standard InChI is InChI=1S/C48H30N2S2/c1-2-12-32(13-3-1)50-41-19-7-4-14-36(41)37-29-28-34(30-43(37)50)49(42-20-11-23-46-47(42)40-16-6-9-22-45(40)51-46)33-26-24-31(25-27-33)35-17-10-18-39-38-15-5-8-21-44(38)52-48(35)39/h1-30H. The van der Waals surface area contributed by atoms with E-state index in [1.165, 1.54) is 79.0 Å². The molecular weight excluding hydrogens is 669 g/mol. The van der Waals surface area contributed by atoms with E-state index in [0.717, 1.165) is 17.1 Å². The summed E-state index contributed by atoms with van der Waals surface area (Å²) in [7, 11) is 0. The molecule has 3 heterocycles. The highest BCUT2D eigenvalue weighted by atomic mass is 32.1. The Hall–Kier alpha value is -6.20. The van der Waals surface area contributed by atoms with E-state index in [1.54, 1.807) is 0 Å². The quantitative estimate of drug-likeness (QED) is 0.174. The van der Waals surface area contributed by atoms with Crippen LogP contribution in [0.4, 0.5) is 17.1 Å². The third-order valence-electron chi connectivity index (χ3n) is 10.4. The van der Waals surface area contributed by atoms with Crippen LogP contribution >= 0.6 is 22.7 Å². The molecule has 8 aromatic carbocycles. The predicted molar refractivity (Wildman–Crippen MR) is 227 cm³/mol. The van der Waals surface area contributed by atoms with Gasteiger partial charge in [0, 0.05) is 68.2 Å². The summed E-state index contributed by atoms with van der Waals surface area (Å²) in [5.41, 5.74) is 9.46. The van der Waals surface area contributed by atoms with Gasteiger partial charge in [-0.05, 0) is 77.9 Å². The number of nitrogens with zero attached hydrogens (tertiary/aromatic N) is 2. The molecule has 0 aliphatic carbocycles. The second kappa shape index (κ2) is 11.7. The molecule has 11 rings (SSSR count). The Morgan fingerprint density at radius 2 is 1.04 bits per heavy atom. The van der Waals surface area contributed by atoms with Crippen molar-refractivity contribution < 1.29 is 0 Å². The minimum absolute atomic E-state index is 1.12. The van der Waals surface area contributed by atoms with Gasteiger partial charge < -0.3 is 9.47 Å². The molecule has 244 valence electrons. The summed E-state index contributed by atoms with van der Waals surface area (Å²) in [5, 5.41) is 7.72. The van der Waals surface area contributed by atoms with E-state index >= 15 is 0 Å². The van der Waals surface area contributed by atoms with E-state index in [2.05, 4.69) is 191 Å². The van der Waals surface area contributed by atoms with Gasteiger partial charge in [0.05, 0.1) is 16.7 Å². The highest BCUT2D eigenvalue weighted by Gasteiger charge is 2.21. The topological polar surface area (TPSA) is 8.17 Å². The van der Waals surface area contributed by atoms with Crippen molar-refractivity contribution in [2.24, 2.45) is 0 Å². The summed E-state index contributed by atoms with van der Waals surface area (Å²) in [5.74, 6) is 0. The maximum absolute atomic E-state index is 2.46. The molecule has 0 fully saturated rings. The average Bonchev–Trinajstić information content (AvgIpc) is 3.88. The molecule has 2 nitrogen and oxygen atoms in total. The van der Waals surface area contributed by atoms with Crippen molar-refractivity contribution in [3.63, 3.8) is 0 Å². The summed E-state index contributed by atoms with van der Waals surface area (Å²) >= 11 is 3.74. The normalized spacial score (nSPS) is 11.8. The molecule has 0 radical (unpaired) electrons. The summed E-state index contributed by atoms with van der Waals surface area (Å²) in [6.45, 7) is 0. The first-order valence-corrected chi connectivity index (χ1v) is 19.2. The van der Waals surface area contributed by atoms with Gasteiger partial charge >= 0.3 is 0 Å². The van der Waals surface area contributed by atoms with Crippen molar-refractivity contribution in [3.05, 3.63) is 182 Å². The van der Waals surface area contributed by atoms with Crippen molar-refractivity contribution in [2.75, 3.05) is 4.90 Å². The number of para-hydroxylation sites is 2. The van der Waals surface area contributed by atoms with Crippen LogP contribution in [0.5, 0.6) is 0 Å².